The quantitative estimate of drug-likeness (QED) is 0.818. The van der Waals surface area contributed by atoms with Crippen LogP contribution in [0, 0.1) is 17.8 Å². The van der Waals surface area contributed by atoms with E-state index in [0.717, 1.165) is 18.4 Å². The van der Waals surface area contributed by atoms with Gasteiger partial charge in [0.1, 0.15) is 0 Å². The molecule has 0 radical (unpaired) electrons. The number of rotatable bonds is 5. The van der Waals surface area contributed by atoms with Crippen LogP contribution in [0.15, 0.2) is 30.3 Å². The number of likely N-dealkylation sites (tertiary alicyclic amines) is 1. The Morgan fingerprint density at radius 1 is 1.30 bits per heavy atom. The number of ether oxygens (including phenoxy) is 1. The molecule has 1 aliphatic heterocycles. The second kappa shape index (κ2) is 9.19. The summed E-state index contributed by atoms with van der Waals surface area (Å²) in [4.78, 5) is 12.2. The number of benzene rings is 1. The van der Waals surface area contributed by atoms with Gasteiger partial charge in [0, 0.05) is 25.4 Å². The lowest BCUT2D eigenvalue weighted by Gasteiger charge is -2.27. The van der Waals surface area contributed by atoms with Crippen LogP contribution in [0.3, 0.4) is 0 Å². The number of hydrogen-bond donors (Lipinski definition) is 2. The van der Waals surface area contributed by atoms with Crippen molar-refractivity contribution in [3.05, 3.63) is 35.9 Å². The van der Waals surface area contributed by atoms with Crippen molar-refractivity contribution in [3.63, 3.8) is 0 Å². The van der Waals surface area contributed by atoms with E-state index in [-0.39, 0.29) is 12.5 Å². The molecular weight excluding hydrogens is 294 g/mol. The summed E-state index contributed by atoms with van der Waals surface area (Å²) in [6.07, 6.45) is 0.459. The average molecular weight is 317 g/mol. The van der Waals surface area contributed by atoms with Crippen molar-refractivity contribution in [3.8, 4) is 11.8 Å². The molecule has 2 N–H and O–H groups in total. The van der Waals surface area contributed by atoms with Crippen molar-refractivity contribution in [1.29, 1.82) is 0 Å². The predicted octanol–water partition coefficient (Wildman–Crippen LogP) is 2.35. The van der Waals surface area contributed by atoms with E-state index in [0.29, 0.717) is 26.1 Å². The largest absolute Gasteiger partial charge is 0.465 e. The van der Waals surface area contributed by atoms with Crippen LogP contribution in [0.25, 0.3) is 0 Å². The van der Waals surface area contributed by atoms with Crippen LogP contribution in [0.5, 0.6) is 0 Å². The van der Waals surface area contributed by atoms with E-state index in [2.05, 4.69) is 11.8 Å². The first-order chi connectivity index (χ1) is 11.1. The number of hydrogen-bond acceptors (Lipinski definition) is 3. The van der Waals surface area contributed by atoms with Crippen molar-refractivity contribution in [2.24, 2.45) is 5.92 Å². The van der Waals surface area contributed by atoms with Crippen molar-refractivity contribution in [2.45, 2.75) is 32.0 Å². The second-order valence-corrected chi connectivity index (χ2v) is 5.72. The van der Waals surface area contributed by atoms with Gasteiger partial charge in [0.15, 0.2) is 0 Å². The Labute approximate surface area is 136 Å². The molecule has 1 saturated heterocycles. The summed E-state index contributed by atoms with van der Waals surface area (Å²) >= 11 is 0. The topological polar surface area (TPSA) is 70.0 Å². The summed E-state index contributed by atoms with van der Waals surface area (Å²) in [5.41, 5.74) is 1.08. The van der Waals surface area contributed by atoms with Gasteiger partial charge in [0.05, 0.1) is 19.3 Å². The highest BCUT2D eigenvalue weighted by Gasteiger charge is 2.20. The van der Waals surface area contributed by atoms with E-state index in [1.807, 2.05) is 30.3 Å². The first-order valence-corrected chi connectivity index (χ1v) is 7.91. The van der Waals surface area contributed by atoms with Gasteiger partial charge < -0.3 is 19.8 Å². The van der Waals surface area contributed by atoms with Crippen molar-refractivity contribution < 1.29 is 19.7 Å². The van der Waals surface area contributed by atoms with Gasteiger partial charge in [-0.3, -0.25) is 0 Å². The summed E-state index contributed by atoms with van der Waals surface area (Å²) in [5.74, 6) is 6.36. The highest BCUT2D eigenvalue weighted by atomic mass is 16.5. The third-order valence-electron chi connectivity index (χ3n) is 3.83. The van der Waals surface area contributed by atoms with Gasteiger partial charge in [-0.15, -0.1) is 5.92 Å². The van der Waals surface area contributed by atoms with E-state index in [1.54, 1.807) is 0 Å². The molecule has 1 amide bonds. The minimum Gasteiger partial charge on any atom is -0.465 e. The molecule has 1 atom stereocenters. The summed E-state index contributed by atoms with van der Waals surface area (Å²) < 4.78 is 5.47. The Morgan fingerprint density at radius 2 is 2.00 bits per heavy atom. The minimum absolute atomic E-state index is 0.225. The van der Waals surface area contributed by atoms with Gasteiger partial charge in [-0.2, -0.15) is 0 Å². The maximum Gasteiger partial charge on any atom is 0.407 e. The standard InChI is InChI=1S/C18H23NO4/c20-17(14-23-13-16-5-2-1-3-6-16)8-4-7-15-9-11-19(12-10-15)18(21)22/h1-3,5-6,15,17,20H,8-14H2,(H,21,22)/t17-/m1/s1. The van der Waals surface area contributed by atoms with Crippen molar-refractivity contribution in [2.75, 3.05) is 19.7 Å². The Balaban J connectivity index is 1.61. The Kier molecular flexibility index (Phi) is 6.92. The number of nitrogens with zero attached hydrogens (tertiary/aromatic N) is 1. The van der Waals surface area contributed by atoms with Gasteiger partial charge in [-0.05, 0) is 18.4 Å². The monoisotopic (exact) mass is 317 g/mol. The highest BCUT2D eigenvalue weighted by Crippen LogP contribution is 2.16. The molecule has 0 aliphatic carbocycles. The Hall–Kier alpha value is -2.03. The van der Waals surface area contributed by atoms with Gasteiger partial charge in [0.25, 0.3) is 0 Å². The van der Waals surface area contributed by atoms with E-state index >= 15 is 0 Å². The fourth-order valence-corrected chi connectivity index (χ4v) is 2.48. The molecule has 0 aromatic heterocycles. The number of aliphatic hydroxyl groups excluding tert-OH is 1. The molecule has 0 saturated carbocycles. The summed E-state index contributed by atoms with van der Waals surface area (Å²) in [6.45, 7) is 1.83. The molecule has 23 heavy (non-hydrogen) atoms. The third-order valence-corrected chi connectivity index (χ3v) is 3.83. The fraction of sp³-hybridized carbons (Fsp3) is 0.500. The first-order valence-electron chi connectivity index (χ1n) is 7.91. The fourth-order valence-electron chi connectivity index (χ4n) is 2.48. The molecule has 1 fully saturated rings. The summed E-state index contributed by atoms with van der Waals surface area (Å²) in [5, 5.41) is 18.7. The number of amides is 1. The lowest BCUT2D eigenvalue weighted by atomic mass is 9.97. The minimum atomic E-state index is -0.859. The molecule has 1 aromatic carbocycles. The van der Waals surface area contributed by atoms with E-state index in [4.69, 9.17) is 9.84 Å². The Bertz CT molecular complexity index is 541. The number of piperidine rings is 1. The number of carboxylic acid groups (broad SMARTS) is 1. The van der Waals surface area contributed by atoms with Gasteiger partial charge in [-0.1, -0.05) is 36.3 Å². The predicted molar refractivity (Wildman–Crippen MR) is 86.8 cm³/mol. The van der Waals surface area contributed by atoms with Crippen LogP contribution >= 0.6 is 0 Å². The maximum atomic E-state index is 10.8. The van der Waals surface area contributed by atoms with E-state index < -0.39 is 12.2 Å². The normalized spacial score (nSPS) is 16.5. The number of aliphatic hydroxyl groups is 1. The zero-order chi connectivity index (χ0) is 16.5. The summed E-state index contributed by atoms with van der Waals surface area (Å²) in [6, 6.07) is 9.83. The Morgan fingerprint density at radius 3 is 2.65 bits per heavy atom. The first kappa shape index (κ1) is 17.3. The van der Waals surface area contributed by atoms with Crippen molar-refractivity contribution in [1.82, 2.24) is 4.90 Å². The van der Waals surface area contributed by atoms with E-state index in [9.17, 15) is 9.90 Å². The smallest absolute Gasteiger partial charge is 0.407 e. The maximum absolute atomic E-state index is 10.8. The molecule has 1 heterocycles. The van der Waals surface area contributed by atoms with Crippen molar-refractivity contribution >= 4 is 6.09 Å². The average Bonchev–Trinajstić information content (AvgIpc) is 2.56. The van der Waals surface area contributed by atoms with Crippen LogP contribution in [-0.2, 0) is 11.3 Å². The molecule has 0 spiro atoms. The molecule has 124 valence electrons. The molecule has 5 nitrogen and oxygen atoms in total. The lowest BCUT2D eigenvalue weighted by Crippen LogP contribution is -2.37. The SMILES string of the molecule is O=C(O)N1CCC(C#CC[C@@H](O)COCc2ccccc2)CC1. The van der Waals surface area contributed by atoms with Crippen LogP contribution in [0.4, 0.5) is 4.79 Å². The molecule has 5 heteroatoms. The van der Waals surface area contributed by atoms with Gasteiger partial charge >= 0.3 is 6.09 Å². The van der Waals surface area contributed by atoms with Crippen LogP contribution < -0.4 is 0 Å². The molecule has 2 rings (SSSR count). The molecular formula is C18H23NO4. The van der Waals surface area contributed by atoms with Gasteiger partial charge in [-0.25, -0.2) is 4.79 Å². The van der Waals surface area contributed by atoms with E-state index in [1.165, 1.54) is 4.90 Å². The molecule has 0 unspecified atom stereocenters. The molecule has 1 aromatic rings. The van der Waals surface area contributed by atoms with Crippen LogP contribution in [0.1, 0.15) is 24.8 Å². The van der Waals surface area contributed by atoms with Gasteiger partial charge in [0.2, 0.25) is 0 Å². The van der Waals surface area contributed by atoms with Crippen LogP contribution in [-0.4, -0.2) is 47.0 Å². The summed E-state index contributed by atoms with van der Waals surface area (Å²) in [7, 11) is 0. The zero-order valence-electron chi connectivity index (χ0n) is 13.1. The zero-order valence-corrected chi connectivity index (χ0v) is 13.1. The third kappa shape index (κ3) is 6.31. The lowest BCUT2D eigenvalue weighted by molar-refractivity contribution is 0.0311. The van der Waals surface area contributed by atoms with Crippen LogP contribution in [0.2, 0.25) is 0 Å². The highest BCUT2D eigenvalue weighted by molar-refractivity contribution is 5.65. The second-order valence-electron chi connectivity index (χ2n) is 5.72. The molecule has 1 aliphatic rings. The molecule has 0 bridgehead atoms. The number of carbonyl (C=O) groups is 1.